The molecule has 0 atom stereocenters. The zero-order valence-corrected chi connectivity index (χ0v) is 10.4. The maximum Gasteiger partial charge on any atom is 0.219 e. The Morgan fingerprint density at radius 2 is 2.07 bits per heavy atom. The topological polar surface area (TPSA) is 9.23 Å². The van der Waals surface area contributed by atoms with Crippen molar-refractivity contribution >= 4 is 28.4 Å². The first-order chi connectivity index (χ1) is 7.14. The highest BCUT2D eigenvalue weighted by atomic mass is 32.2. The highest BCUT2D eigenvalue weighted by Crippen LogP contribution is 2.28. The second kappa shape index (κ2) is 7.40. The molecule has 0 rings (SSSR count). The van der Waals surface area contributed by atoms with Crippen molar-refractivity contribution in [3.05, 3.63) is 12.7 Å². The smallest absolute Gasteiger partial charge is 0.219 e. The van der Waals surface area contributed by atoms with Gasteiger partial charge >= 0.3 is 0 Å². The molecule has 0 heterocycles. The van der Waals surface area contributed by atoms with Crippen molar-refractivity contribution in [1.29, 1.82) is 0 Å². The molecular weight excluding hydrogens is 224 g/mol. The highest BCUT2D eigenvalue weighted by Gasteiger charge is 2.26. The zero-order chi connectivity index (χ0) is 11.7. The molecule has 0 radical (unpaired) electrons. The van der Waals surface area contributed by atoms with Crippen LogP contribution in [0.15, 0.2) is 12.7 Å². The van der Waals surface area contributed by atoms with Crippen LogP contribution in [0.25, 0.3) is 0 Å². The minimum absolute atomic E-state index is 0.358. The highest BCUT2D eigenvalue weighted by molar-refractivity contribution is 8.22. The van der Waals surface area contributed by atoms with Crippen LogP contribution in [0.2, 0.25) is 0 Å². The number of terminal acetylenes is 2. The summed E-state index contributed by atoms with van der Waals surface area (Å²) < 4.78 is 5.88. The van der Waals surface area contributed by atoms with E-state index in [1.165, 1.54) is 11.8 Å². The molecule has 0 saturated heterocycles. The summed E-state index contributed by atoms with van der Waals surface area (Å²) in [7, 11) is 0. The molecule has 0 bridgehead atoms. The van der Waals surface area contributed by atoms with E-state index < -0.39 is 0 Å². The quantitative estimate of drug-likeness (QED) is 0.414. The van der Waals surface area contributed by atoms with E-state index in [2.05, 4.69) is 18.4 Å². The van der Waals surface area contributed by atoms with Crippen molar-refractivity contribution in [2.75, 3.05) is 12.9 Å². The third-order valence-electron chi connectivity index (χ3n) is 1.99. The summed E-state index contributed by atoms with van der Waals surface area (Å²) in [6.45, 7) is 4.15. The molecule has 0 unspecified atom stereocenters. The Morgan fingerprint density at radius 3 is 2.40 bits per heavy atom. The van der Waals surface area contributed by atoms with E-state index in [-0.39, 0.29) is 5.41 Å². The monoisotopic (exact) mass is 238 g/mol. The second-order valence-corrected chi connectivity index (χ2v) is 4.48. The van der Waals surface area contributed by atoms with Crippen molar-refractivity contribution < 1.29 is 4.74 Å². The van der Waals surface area contributed by atoms with E-state index in [4.69, 9.17) is 29.8 Å². The van der Waals surface area contributed by atoms with Gasteiger partial charge in [0.05, 0.1) is 0 Å². The van der Waals surface area contributed by atoms with Crippen LogP contribution in [0.4, 0.5) is 0 Å². The van der Waals surface area contributed by atoms with Crippen LogP contribution in [0, 0.1) is 30.1 Å². The second-order valence-electron chi connectivity index (χ2n) is 3.07. The summed E-state index contributed by atoms with van der Waals surface area (Å²) in [5.41, 5.74) is -0.358. The van der Waals surface area contributed by atoms with Crippen LogP contribution < -0.4 is 0 Å². The molecular formula is C12H14OS2. The Balaban J connectivity index is 4.49. The predicted molar refractivity (Wildman–Crippen MR) is 71.6 cm³/mol. The minimum atomic E-state index is -0.358. The summed E-state index contributed by atoms with van der Waals surface area (Å²) in [5, 5.41) is 0. The molecule has 0 aliphatic carbocycles. The summed E-state index contributed by atoms with van der Waals surface area (Å²) in [4.78, 5) is 0. The lowest BCUT2D eigenvalue weighted by atomic mass is 9.83. The van der Waals surface area contributed by atoms with E-state index in [0.717, 1.165) is 0 Å². The fourth-order valence-electron chi connectivity index (χ4n) is 1.04. The Kier molecular flexibility index (Phi) is 6.96. The maximum absolute atomic E-state index is 5.38. The number of rotatable bonds is 5. The largest absolute Gasteiger partial charge is 0.478 e. The van der Waals surface area contributed by atoms with E-state index >= 15 is 0 Å². The lowest BCUT2D eigenvalue weighted by Crippen LogP contribution is -2.24. The van der Waals surface area contributed by atoms with Crippen molar-refractivity contribution in [3.8, 4) is 24.7 Å². The first-order valence-electron chi connectivity index (χ1n) is 4.35. The normalized spacial score (nSPS) is 9.80. The molecule has 0 aromatic heterocycles. The summed E-state index contributed by atoms with van der Waals surface area (Å²) >= 11 is 6.33. The van der Waals surface area contributed by atoms with Gasteiger partial charge in [-0.2, -0.15) is 0 Å². The zero-order valence-electron chi connectivity index (χ0n) is 8.79. The Labute approximate surface area is 102 Å². The molecule has 0 aliphatic heterocycles. The standard InChI is InChI=1S/C12H14OS2/c1-5-8-12(7-3,9-6-2)10-13-11(14)15-4/h1-2,7H,3,8-10H2,4H3. The molecule has 0 aromatic carbocycles. The van der Waals surface area contributed by atoms with Gasteiger partial charge in [0.1, 0.15) is 6.61 Å². The molecule has 80 valence electrons. The fraction of sp³-hybridized carbons (Fsp3) is 0.417. The molecule has 0 N–H and O–H groups in total. The summed E-state index contributed by atoms with van der Waals surface area (Å²) in [6, 6.07) is 0. The van der Waals surface area contributed by atoms with Gasteiger partial charge in [0, 0.05) is 18.3 Å². The minimum Gasteiger partial charge on any atom is -0.478 e. The van der Waals surface area contributed by atoms with Crippen LogP contribution in [0.5, 0.6) is 0 Å². The molecule has 0 saturated carbocycles. The lowest BCUT2D eigenvalue weighted by Gasteiger charge is -2.26. The molecule has 0 fully saturated rings. The van der Waals surface area contributed by atoms with Crippen molar-refractivity contribution in [3.63, 3.8) is 0 Å². The number of thiocarbonyl (C=S) groups is 1. The van der Waals surface area contributed by atoms with Crippen molar-refractivity contribution in [1.82, 2.24) is 0 Å². The SMILES string of the molecule is C#CCC(C=C)(CC#C)COC(=S)SC. The van der Waals surface area contributed by atoms with Crippen molar-refractivity contribution in [2.24, 2.45) is 5.41 Å². The third-order valence-corrected chi connectivity index (χ3v) is 3.05. The third kappa shape index (κ3) is 4.93. The average Bonchev–Trinajstić information content (AvgIpc) is 2.26. The van der Waals surface area contributed by atoms with E-state index in [1.54, 1.807) is 6.08 Å². The van der Waals surface area contributed by atoms with Crippen LogP contribution >= 0.6 is 24.0 Å². The van der Waals surface area contributed by atoms with Gasteiger partial charge in [-0.1, -0.05) is 17.8 Å². The molecule has 3 heteroatoms. The van der Waals surface area contributed by atoms with Gasteiger partial charge in [0.2, 0.25) is 4.38 Å². The first-order valence-corrected chi connectivity index (χ1v) is 5.98. The molecule has 0 aromatic rings. The lowest BCUT2D eigenvalue weighted by molar-refractivity contribution is 0.197. The van der Waals surface area contributed by atoms with E-state index in [9.17, 15) is 0 Å². The van der Waals surface area contributed by atoms with E-state index in [1.807, 2.05) is 6.26 Å². The summed E-state index contributed by atoms with van der Waals surface area (Å²) in [5.74, 6) is 5.18. The van der Waals surface area contributed by atoms with Crippen LogP contribution in [0.3, 0.4) is 0 Å². The average molecular weight is 238 g/mol. The van der Waals surface area contributed by atoms with Crippen LogP contribution in [-0.4, -0.2) is 17.2 Å². The first kappa shape index (κ1) is 14.1. The fourth-order valence-corrected chi connectivity index (χ4v) is 1.27. The van der Waals surface area contributed by atoms with Crippen molar-refractivity contribution in [2.45, 2.75) is 12.8 Å². The number of hydrogen-bond donors (Lipinski definition) is 0. The Morgan fingerprint density at radius 1 is 1.53 bits per heavy atom. The van der Waals surface area contributed by atoms with Gasteiger partial charge in [0.15, 0.2) is 0 Å². The molecule has 0 aliphatic rings. The van der Waals surface area contributed by atoms with Crippen LogP contribution in [-0.2, 0) is 4.74 Å². The molecule has 15 heavy (non-hydrogen) atoms. The van der Waals surface area contributed by atoms with Gasteiger partial charge in [-0.3, -0.25) is 0 Å². The van der Waals surface area contributed by atoms with Gasteiger partial charge in [-0.15, -0.1) is 31.3 Å². The molecule has 0 amide bonds. The van der Waals surface area contributed by atoms with Gasteiger partial charge in [-0.25, -0.2) is 0 Å². The van der Waals surface area contributed by atoms with Gasteiger partial charge in [-0.05, 0) is 18.5 Å². The van der Waals surface area contributed by atoms with Crippen LogP contribution in [0.1, 0.15) is 12.8 Å². The Hall–Kier alpha value is -0.900. The number of ether oxygens (including phenoxy) is 1. The maximum atomic E-state index is 5.38. The van der Waals surface area contributed by atoms with E-state index in [0.29, 0.717) is 23.8 Å². The number of hydrogen-bond acceptors (Lipinski definition) is 3. The van der Waals surface area contributed by atoms with Gasteiger partial charge < -0.3 is 4.74 Å². The molecule has 1 nitrogen and oxygen atoms in total. The van der Waals surface area contributed by atoms with Gasteiger partial charge in [0.25, 0.3) is 0 Å². The number of thioether (sulfide) groups is 1. The Bertz CT molecular complexity index is 291. The predicted octanol–water partition coefficient (Wildman–Crippen LogP) is 2.87. The summed E-state index contributed by atoms with van der Waals surface area (Å²) in [6.07, 6.45) is 15.2. The molecule has 0 spiro atoms.